The molecule has 0 aliphatic carbocycles. The molecule has 2 N–H and O–H groups in total. The lowest BCUT2D eigenvalue weighted by Gasteiger charge is -2.11. The zero-order chi connectivity index (χ0) is 18.2. The van der Waals surface area contributed by atoms with Gasteiger partial charge in [0.05, 0.1) is 0 Å². The van der Waals surface area contributed by atoms with Gasteiger partial charge in [-0.05, 0) is 51.2 Å². The first-order chi connectivity index (χ1) is 11.9. The van der Waals surface area contributed by atoms with E-state index in [9.17, 15) is 9.18 Å². The third-order valence-electron chi connectivity index (χ3n) is 3.54. The first kappa shape index (κ1) is 18.8. The number of aromatic nitrogens is 2. The van der Waals surface area contributed by atoms with Crippen molar-refractivity contribution >= 4 is 11.9 Å². The van der Waals surface area contributed by atoms with E-state index in [0.717, 1.165) is 17.8 Å². The smallest absolute Gasteiger partial charge is 0.270 e. The first-order valence-corrected chi connectivity index (χ1v) is 8.21. The SMILES string of the molecule is Cc1cc(C(=O)NCCN(C)C)nc(NCCc2ccc(F)cc2)n1. The molecule has 1 aromatic heterocycles. The Morgan fingerprint density at radius 3 is 2.56 bits per heavy atom. The summed E-state index contributed by atoms with van der Waals surface area (Å²) in [5.74, 6) is -0.0440. The average Bonchev–Trinajstić information content (AvgIpc) is 2.56. The Morgan fingerprint density at radius 2 is 1.88 bits per heavy atom. The van der Waals surface area contributed by atoms with Crippen molar-refractivity contribution in [3.8, 4) is 0 Å². The minimum Gasteiger partial charge on any atom is -0.354 e. The quantitative estimate of drug-likeness (QED) is 0.764. The van der Waals surface area contributed by atoms with Crippen molar-refractivity contribution in [2.75, 3.05) is 39.0 Å². The Labute approximate surface area is 147 Å². The van der Waals surface area contributed by atoms with E-state index >= 15 is 0 Å². The van der Waals surface area contributed by atoms with Crippen LogP contribution in [0, 0.1) is 12.7 Å². The zero-order valence-corrected chi connectivity index (χ0v) is 14.8. The van der Waals surface area contributed by atoms with Gasteiger partial charge in [0.2, 0.25) is 5.95 Å². The molecule has 2 rings (SSSR count). The molecule has 1 amide bonds. The summed E-state index contributed by atoms with van der Waals surface area (Å²) in [6.07, 6.45) is 0.710. The van der Waals surface area contributed by atoms with Crippen LogP contribution in [-0.4, -0.2) is 54.5 Å². The Balaban J connectivity index is 1.91. The van der Waals surface area contributed by atoms with Crippen LogP contribution in [0.3, 0.4) is 0 Å². The van der Waals surface area contributed by atoms with Gasteiger partial charge in [0.25, 0.3) is 5.91 Å². The van der Waals surface area contributed by atoms with Crippen LogP contribution in [-0.2, 0) is 6.42 Å². The largest absolute Gasteiger partial charge is 0.354 e. The molecular weight excluding hydrogens is 321 g/mol. The van der Waals surface area contributed by atoms with Gasteiger partial charge in [0.15, 0.2) is 0 Å². The number of nitrogens with one attached hydrogen (secondary N) is 2. The molecule has 25 heavy (non-hydrogen) atoms. The van der Waals surface area contributed by atoms with Crippen LogP contribution in [0.5, 0.6) is 0 Å². The Hall–Kier alpha value is -2.54. The van der Waals surface area contributed by atoms with Crippen LogP contribution in [0.2, 0.25) is 0 Å². The summed E-state index contributed by atoms with van der Waals surface area (Å²) in [5, 5.41) is 5.95. The number of anilines is 1. The zero-order valence-electron chi connectivity index (χ0n) is 14.8. The Bertz CT molecular complexity index is 703. The molecule has 0 bridgehead atoms. The fourth-order valence-corrected chi connectivity index (χ4v) is 2.22. The summed E-state index contributed by atoms with van der Waals surface area (Å²) in [7, 11) is 3.90. The standard InChI is InChI=1S/C18H24FN5O/c1-13-12-16(17(25)20-10-11-24(2)3)23-18(22-13)21-9-8-14-4-6-15(19)7-5-14/h4-7,12H,8-11H2,1-3H3,(H,20,25)(H,21,22,23). The predicted octanol–water partition coefficient (Wildman–Crippen LogP) is 1.87. The van der Waals surface area contributed by atoms with Gasteiger partial charge in [-0.1, -0.05) is 12.1 Å². The van der Waals surface area contributed by atoms with Crippen molar-refractivity contribution in [3.63, 3.8) is 0 Å². The van der Waals surface area contributed by atoms with E-state index < -0.39 is 0 Å². The molecular formula is C18H24FN5O. The van der Waals surface area contributed by atoms with Crippen LogP contribution < -0.4 is 10.6 Å². The molecule has 0 saturated carbocycles. The number of benzene rings is 1. The molecule has 0 saturated heterocycles. The lowest BCUT2D eigenvalue weighted by atomic mass is 10.1. The number of carbonyl (C=O) groups excluding carboxylic acids is 1. The Kier molecular flexibility index (Phi) is 6.82. The minimum atomic E-state index is -0.247. The van der Waals surface area contributed by atoms with Gasteiger partial charge < -0.3 is 15.5 Å². The molecule has 0 aliphatic rings. The maximum atomic E-state index is 12.9. The van der Waals surface area contributed by atoms with E-state index in [1.807, 2.05) is 25.9 Å². The summed E-state index contributed by atoms with van der Waals surface area (Å²) in [6, 6.07) is 8.04. The van der Waals surface area contributed by atoms with Crippen LogP contribution >= 0.6 is 0 Å². The molecule has 6 nitrogen and oxygen atoms in total. The maximum Gasteiger partial charge on any atom is 0.270 e. The lowest BCUT2D eigenvalue weighted by Crippen LogP contribution is -2.32. The molecule has 0 spiro atoms. The highest BCUT2D eigenvalue weighted by Gasteiger charge is 2.10. The van der Waals surface area contributed by atoms with E-state index in [-0.39, 0.29) is 11.7 Å². The summed E-state index contributed by atoms with van der Waals surface area (Å²) >= 11 is 0. The molecule has 1 heterocycles. The van der Waals surface area contributed by atoms with Gasteiger partial charge in [0, 0.05) is 25.3 Å². The van der Waals surface area contributed by atoms with E-state index in [4.69, 9.17) is 0 Å². The van der Waals surface area contributed by atoms with Gasteiger partial charge in [-0.25, -0.2) is 14.4 Å². The highest BCUT2D eigenvalue weighted by Crippen LogP contribution is 2.07. The molecule has 7 heteroatoms. The average molecular weight is 345 g/mol. The van der Waals surface area contributed by atoms with Crippen molar-refractivity contribution in [3.05, 3.63) is 53.1 Å². The molecule has 0 radical (unpaired) electrons. The molecule has 0 aliphatic heterocycles. The number of halogens is 1. The second kappa shape index (κ2) is 9.08. The van der Waals surface area contributed by atoms with Gasteiger partial charge in [-0.3, -0.25) is 4.79 Å². The predicted molar refractivity (Wildman–Crippen MR) is 96.2 cm³/mol. The first-order valence-electron chi connectivity index (χ1n) is 8.21. The third-order valence-corrected chi connectivity index (χ3v) is 3.54. The number of nitrogens with zero attached hydrogens (tertiary/aromatic N) is 3. The number of aryl methyl sites for hydroxylation is 1. The van der Waals surface area contributed by atoms with Crippen molar-refractivity contribution in [1.29, 1.82) is 0 Å². The number of rotatable bonds is 8. The summed E-state index contributed by atoms with van der Waals surface area (Å²) in [6.45, 7) is 3.74. The molecule has 0 unspecified atom stereocenters. The van der Waals surface area contributed by atoms with Gasteiger partial charge in [-0.2, -0.15) is 0 Å². The molecule has 0 fully saturated rings. The molecule has 2 aromatic rings. The summed E-state index contributed by atoms with van der Waals surface area (Å²) in [5.41, 5.74) is 2.08. The highest BCUT2D eigenvalue weighted by atomic mass is 19.1. The second-order valence-electron chi connectivity index (χ2n) is 6.08. The fraction of sp³-hybridized carbons (Fsp3) is 0.389. The molecule has 1 aromatic carbocycles. The second-order valence-corrected chi connectivity index (χ2v) is 6.08. The van der Waals surface area contributed by atoms with Crippen molar-refractivity contribution in [1.82, 2.24) is 20.2 Å². The van der Waals surface area contributed by atoms with Crippen LogP contribution in [0.25, 0.3) is 0 Å². The van der Waals surface area contributed by atoms with E-state index in [2.05, 4.69) is 20.6 Å². The number of hydrogen-bond donors (Lipinski definition) is 2. The monoisotopic (exact) mass is 345 g/mol. The summed E-state index contributed by atoms with van der Waals surface area (Å²) in [4.78, 5) is 22.7. The van der Waals surface area contributed by atoms with Crippen LogP contribution in [0.4, 0.5) is 10.3 Å². The molecule has 0 atom stereocenters. The Morgan fingerprint density at radius 1 is 1.16 bits per heavy atom. The van der Waals surface area contributed by atoms with Gasteiger partial charge >= 0.3 is 0 Å². The van der Waals surface area contributed by atoms with Crippen LogP contribution in [0.1, 0.15) is 21.7 Å². The third kappa shape index (κ3) is 6.46. The molecule has 134 valence electrons. The van der Waals surface area contributed by atoms with Crippen molar-refractivity contribution < 1.29 is 9.18 Å². The highest BCUT2D eigenvalue weighted by molar-refractivity contribution is 5.92. The van der Waals surface area contributed by atoms with Crippen LogP contribution in [0.15, 0.2) is 30.3 Å². The summed E-state index contributed by atoms with van der Waals surface area (Å²) < 4.78 is 12.9. The number of amides is 1. The topological polar surface area (TPSA) is 70.2 Å². The fourth-order valence-electron chi connectivity index (χ4n) is 2.22. The van der Waals surface area contributed by atoms with Gasteiger partial charge in [0.1, 0.15) is 11.5 Å². The minimum absolute atomic E-state index is 0.214. The number of carbonyl (C=O) groups is 1. The van der Waals surface area contributed by atoms with E-state index in [1.165, 1.54) is 12.1 Å². The van der Waals surface area contributed by atoms with Gasteiger partial charge in [-0.15, -0.1) is 0 Å². The number of hydrogen-bond acceptors (Lipinski definition) is 5. The van der Waals surface area contributed by atoms with Crippen molar-refractivity contribution in [2.45, 2.75) is 13.3 Å². The normalized spacial score (nSPS) is 10.8. The van der Waals surface area contributed by atoms with E-state index in [1.54, 1.807) is 18.2 Å². The number of likely N-dealkylation sites (N-methyl/N-ethyl adjacent to an activating group) is 1. The maximum absolute atomic E-state index is 12.9. The van der Waals surface area contributed by atoms with Crippen molar-refractivity contribution in [2.24, 2.45) is 0 Å². The lowest BCUT2D eigenvalue weighted by molar-refractivity contribution is 0.0946. The van der Waals surface area contributed by atoms with E-state index in [0.29, 0.717) is 31.2 Å².